The number of fused-ring (bicyclic) bond motifs is 5. The highest BCUT2D eigenvalue weighted by molar-refractivity contribution is 5.13. The number of rotatable bonds is 1. The highest BCUT2D eigenvalue weighted by Gasteiger charge is 2.64. The number of aliphatic hydroxyl groups excluding tert-OH is 1. The molecule has 0 radical (unpaired) electrons. The molecular formula is C24H44O3. The van der Waals surface area contributed by atoms with Crippen LogP contribution in [0.4, 0.5) is 0 Å². The smallest absolute Gasteiger partial charge is 0.106 e. The van der Waals surface area contributed by atoms with Gasteiger partial charge < -0.3 is 15.4 Å². The van der Waals surface area contributed by atoms with Crippen LogP contribution in [-0.2, 0) is 4.79 Å². The van der Waals surface area contributed by atoms with Gasteiger partial charge in [0.1, 0.15) is 6.79 Å². The molecule has 0 heterocycles. The predicted octanol–water partition coefficient (Wildman–Crippen LogP) is 5.04. The molecule has 158 valence electrons. The maximum atomic E-state index is 10.7. The molecule has 0 aromatic heterocycles. The molecule has 0 bridgehead atoms. The molecule has 0 amide bonds. The zero-order chi connectivity index (χ0) is 19.3. The average Bonchev–Trinajstić information content (AvgIpc) is 3.04. The van der Waals surface area contributed by atoms with Gasteiger partial charge in [0.25, 0.3) is 0 Å². The van der Waals surface area contributed by atoms with Crippen LogP contribution in [0.2, 0.25) is 0 Å². The van der Waals surface area contributed by atoms with Crippen molar-refractivity contribution in [2.45, 2.75) is 98.5 Å². The lowest BCUT2D eigenvalue weighted by molar-refractivity contribution is -0.199. The van der Waals surface area contributed by atoms with Gasteiger partial charge in [-0.3, -0.25) is 0 Å². The van der Waals surface area contributed by atoms with Gasteiger partial charge in [-0.15, -0.1) is 0 Å². The molecule has 0 aromatic carbocycles. The van der Waals surface area contributed by atoms with E-state index in [-0.39, 0.29) is 17.0 Å². The lowest BCUT2D eigenvalue weighted by atomic mass is 9.38. The molecule has 8 atom stereocenters. The third-order valence-electron chi connectivity index (χ3n) is 10.2. The van der Waals surface area contributed by atoms with E-state index in [4.69, 9.17) is 4.79 Å². The summed E-state index contributed by atoms with van der Waals surface area (Å²) in [6, 6.07) is 0. The Morgan fingerprint density at radius 1 is 0.852 bits per heavy atom. The fourth-order valence-electron chi connectivity index (χ4n) is 8.95. The molecule has 3 nitrogen and oxygen atoms in total. The van der Waals surface area contributed by atoms with Crippen LogP contribution in [0.1, 0.15) is 92.4 Å². The van der Waals surface area contributed by atoms with Gasteiger partial charge in [0, 0.05) is 0 Å². The summed E-state index contributed by atoms with van der Waals surface area (Å²) in [6.07, 6.45) is 12.3. The first kappa shape index (κ1) is 22.9. The maximum Gasteiger partial charge on any atom is 0.106 e. The van der Waals surface area contributed by atoms with E-state index in [0.29, 0.717) is 16.7 Å². The molecule has 4 aliphatic rings. The Labute approximate surface area is 167 Å². The van der Waals surface area contributed by atoms with Crippen molar-refractivity contribution in [2.24, 2.45) is 45.8 Å². The van der Waals surface area contributed by atoms with E-state index >= 15 is 0 Å². The molecule has 3 N–H and O–H groups in total. The highest BCUT2D eigenvalue weighted by Crippen LogP contribution is 2.71. The van der Waals surface area contributed by atoms with E-state index in [1.165, 1.54) is 51.4 Å². The van der Waals surface area contributed by atoms with Crippen LogP contribution in [0.5, 0.6) is 0 Å². The quantitative estimate of drug-likeness (QED) is 0.692. The Balaban J connectivity index is 0.000000844. The van der Waals surface area contributed by atoms with Crippen molar-refractivity contribution < 1.29 is 15.4 Å². The molecule has 0 saturated heterocycles. The van der Waals surface area contributed by atoms with Crippen molar-refractivity contribution in [1.29, 1.82) is 0 Å². The van der Waals surface area contributed by atoms with Crippen LogP contribution in [0.15, 0.2) is 0 Å². The van der Waals surface area contributed by atoms with Gasteiger partial charge in [-0.1, -0.05) is 41.0 Å². The summed E-state index contributed by atoms with van der Waals surface area (Å²) in [5.74, 6) is 4.65. The molecule has 3 heteroatoms. The van der Waals surface area contributed by atoms with E-state index in [2.05, 4.69) is 34.6 Å². The Kier molecular flexibility index (Phi) is 6.59. The average molecular weight is 381 g/mol. The van der Waals surface area contributed by atoms with Crippen molar-refractivity contribution in [3.8, 4) is 0 Å². The number of hydrogen-bond donors (Lipinski definition) is 1. The molecule has 27 heavy (non-hydrogen) atoms. The Morgan fingerprint density at radius 3 is 2.11 bits per heavy atom. The summed E-state index contributed by atoms with van der Waals surface area (Å²) >= 11 is 0. The van der Waals surface area contributed by atoms with Crippen LogP contribution in [-0.4, -0.2) is 23.5 Å². The molecule has 4 rings (SSSR count). The molecule has 4 aliphatic carbocycles. The van der Waals surface area contributed by atoms with Crippen molar-refractivity contribution in [3.63, 3.8) is 0 Å². The molecule has 2 unspecified atom stereocenters. The van der Waals surface area contributed by atoms with E-state index in [9.17, 15) is 5.11 Å². The van der Waals surface area contributed by atoms with E-state index < -0.39 is 0 Å². The number of carbonyl (C=O) groups excluding carboxylic acids is 1. The van der Waals surface area contributed by atoms with Crippen LogP contribution in [0, 0.1) is 45.8 Å². The predicted molar refractivity (Wildman–Crippen MR) is 111 cm³/mol. The van der Waals surface area contributed by atoms with E-state index in [1.54, 1.807) is 0 Å². The van der Waals surface area contributed by atoms with Crippen molar-refractivity contribution in [1.82, 2.24) is 0 Å². The Morgan fingerprint density at radius 2 is 1.48 bits per heavy atom. The zero-order valence-corrected chi connectivity index (χ0v) is 18.4. The minimum absolute atomic E-state index is 0. The fourth-order valence-corrected chi connectivity index (χ4v) is 8.95. The lowest BCUT2D eigenvalue weighted by Crippen LogP contribution is -2.61. The molecule has 4 fully saturated rings. The molecule has 0 spiro atoms. The van der Waals surface area contributed by atoms with Crippen molar-refractivity contribution in [3.05, 3.63) is 0 Å². The highest BCUT2D eigenvalue weighted by atomic mass is 16.3. The summed E-state index contributed by atoms with van der Waals surface area (Å²) in [4.78, 5) is 8.00. The van der Waals surface area contributed by atoms with E-state index in [0.717, 1.165) is 30.1 Å². The minimum atomic E-state index is -0.0905. The first-order chi connectivity index (χ1) is 12.2. The number of carbonyl (C=O) groups is 1. The second-order valence-corrected chi connectivity index (χ2v) is 11.1. The van der Waals surface area contributed by atoms with Crippen LogP contribution < -0.4 is 0 Å². The third kappa shape index (κ3) is 3.12. The summed E-state index contributed by atoms with van der Waals surface area (Å²) in [5.41, 5.74) is 1.15. The minimum Gasteiger partial charge on any atom is -0.412 e. The van der Waals surface area contributed by atoms with Gasteiger partial charge in [-0.05, 0) is 97.2 Å². The number of hydrogen-bond acceptors (Lipinski definition) is 2. The third-order valence-corrected chi connectivity index (χ3v) is 10.2. The maximum absolute atomic E-state index is 10.7. The first-order valence-electron chi connectivity index (χ1n) is 11.2. The SMILES string of the molecule is C=O.CC[C@@H]1CCC2[C@@H]1CC[C@H]1[C@@]2(C)CCC2C(C)(C)[C@@H](O)CC[C@@]21C.O. The standard InChI is InChI=1S/C23H40O.CH2O.H2O/c1-6-15-7-9-17-16(15)8-10-19-22(17,4)13-11-18-21(2,3)20(24)12-14-23(18,19)5;1-2;/h15-20,24H,6-14H2,1-5H3;1H2;1H2/t15-,16-,17?,18?,19+,20+,22+,23+;;/m1../s1. The van der Waals surface area contributed by atoms with Crippen LogP contribution in [0.25, 0.3) is 0 Å². The molecular weight excluding hydrogens is 336 g/mol. The van der Waals surface area contributed by atoms with Crippen LogP contribution in [0.3, 0.4) is 0 Å². The van der Waals surface area contributed by atoms with Gasteiger partial charge in [-0.25, -0.2) is 0 Å². The first-order valence-corrected chi connectivity index (χ1v) is 11.2. The number of aliphatic hydroxyl groups is 1. The zero-order valence-electron chi connectivity index (χ0n) is 18.4. The van der Waals surface area contributed by atoms with Crippen molar-refractivity contribution in [2.75, 3.05) is 0 Å². The topological polar surface area (TPSA) is 68.8 Å². The van der Waals surface area contributed by atoms with Gasteiger partial charge in [0.05, 0.1) is 6.10 Å². The van der Waals surface area contributed by atoms with Gasteiger partial charge in [0.2, 0.25) is 0 Å². The van der Waals surface area contributed by atoms with Crippen molar-refractivity contribution >= 4 is 6.79 Å². The molecule has 0 aliphatic heterocycles. The Bertz CT molecular complexity index is 518. The fraction of sp³-hybridized carbons (Fsp3) is 0.958. The second-order valence-electron chi connectivity index (χ2n) is 11.1. The normalized spacial score (nSPS) is 50.1. The Hall–Kier alpha value is -0.410. The molecule has 0 aromatic rings. The summed E-state index contributed by atoms with van der Waals surface area (Å²) in [6.45, 7) is 14.4. The summed E-state index contributed by atoms with van der Waals surface area (Å²) < 4.78 is 0. The largest absolute Gasteiger partial charge is 0.412 e. The second kappa shape index (κ2) is 7.78. The molecule has 4 saturated carbocycles. The van der Waals surface area contributed by atoms with Gasteiger partial charge in [0.15, 0.2) is 0 Å². The monoisotopic (exact) mass is 380 g/mol. The van der Waals surface area contributed by atoms with Gasteiger partial charge in [-0.2, -0.15) is 0 Å². The summed E-state index contributed by atoms with van der Waals surface area (Å²) in [7, 11) is 0. The lowest BCUT2D eigenvalue weighted by Gasteiger charge is -2.67. The van der Waals surface area contributed by atoms with E-state index in [1.807, 2.05) is 6.79 Å². The summed E-state index contributed by atoms with van der Waals surface area (Å²) in [5, 5.41) is 10.7. The van der Waals surface area contributed by atoms with Crippen LogP contribution >= 0.6 is 0 Å². The van der Waals surface area contributed by atoms with Gasteiger partial charge >= 0.3 is 0 Å².